The second kappa shape index (κ2) is 6.98. The maximum atomic E-state index is 11.7. The van der Waals surface area contributed by atoms with Gasteiger partial charge in [0.15, 0.2) is 0 Å². The molecule has 0 spiro atoms. The van der Waals surface area contributed by atoms with E-state index in [2.05, 4.69) is 5.32 Å². The lowest BCUT2D eigenvalue weighted by molar-refractivity contribution is -0.142. The van der Waals surface area contributed by atoms with E-state index in [1.165, 1.54) is 0 Å². The van der Waals surface area contributed by atoms with Crippen molar-refractivity contribution in [2.75, 3.05) is 0 Å². The molecule has 0 aliphatic heterocycles. The van der Waals surface area contributed by atoms with Crippen LogP contribution in [0.1, 0.15) is 44.9 Å². The normalized spacial score (nSPS) is 17.3. The Hall–Kier alpha value is -1.59. The number of nitrogens with one attached hydrogen (secondary N) is 1. The molecule has 102 valence electrons. The summed E-state index contributed by atoms with van der Waals surface area (Å²) in [5.74, 6) is -1.57. The molecule has 18 heavy (non-hydrogen) atoms. The van der Waals surface area contributed by atoms with E-state index >= 15 is 0 Å². The largest absolute Gasteiger partial charge is 0.480 e. The molecule has 0 aromatic carbocycles. The van der Waals surface area contributed by atoms with Crippen LogP contribution in [0.5, 0.6) is 0 Å². The van der Waals surface area contributed by atoms with Gasteiger partial charge >= 0.3 is 5.97 Å². The van der Waals surface area contributed by atoms with Crippen molar-refractivity contribution >= 4 is 17.8 Å². The molecule has 0 radical (unpaired) electrons. The molecule has 1 rings (SSSR count). The number of rotatable bonds is 7. The van der Waals surface area contributed by atoms with Crippen LogP contribution < -0.4 is 11.1 Å². The maximum absolute atomic E-state index is 11.7. The zero-order chi connectivity index (χ0) is 13.5. The SMILES string of the molecule is NC(=O)CCC(NC(=O)CC1CCCC1)C(=O)O. The summed E-state index contributed by atoms with van der Waals surface area (Å²) in [5.41, 5.74) is 4.96. The Morgan fingerprint density at radius 1 is 1.28 bits per heavy atom. The summed E-state index contributed by atoms with van der Waals surface area (Å²) in [4.78, 5) is 33.2. The van der Waals surface area contributed by atoms with Gasteiger partial charge < -0.3 is 16.2 Å². The number of primary amides is 1. The Bertz CT molecular complexity index is 324. The van der Waals surface area contributed by atoms with Crippen LogP contribution in [0.2, 0.25) is 0 Å². The van der Waals surface area contributed by atoms with Crippen molar-refractivity contribution in [3.8, 4) is 0 Å². The van der Waals surface area contributed by atoms with Gasteiger partial charge in [-0.2, -0.15) is 0 Å². The lowest BCUT2D eigenvalue weighted by Gasteiger charge is -2.15. The molecule has 0 saturated heterocycles. The summed E-state index contributed by atoms with van der Waals surface area (Å²) in [7, 11) is 0. The number of carboxylic acid groups (broad SMARTS) is 1. The Labute approximate surface area is 106 Å². The Kier molecular flexibility index (Phi) is 5.61. The molecule has 0 aromatic heterocycles. The highest BCUT2D eigenvalue weighted by molar-refractivity contribution is 5.84. The van der Waals surface area contributed by atoms with Crippen molar-refractivity contribution in [3.63, 3.8) is 0 Å². The molecule has 6 heteroatoms. The molecule has 1 saturated carbocycles. The molecule has 1 aliphatic carbocycles. The predicted octanol–water partition coefficient (Wildman–Crippen LogP) is 0.402. The topological polar surface area (TPSA) is 109 Å². The van der Waals surface area contributed by atoms with Crippen molar-refractivity contribution in [1.82, 2.24) is 5.32 Å². The third-order valence-electron chi connectivity index (χ3n) is 3.26. The molecular formula is C12H20N2O4. The van der Waals surface area contributed by atoms with Gasteiger partial charge in [0.2, 0.25) is 11.8 Å². The van der Waals surface area contributed by atoms with Crippen molar-refractivity contribution in [2.24, 2.45) is 11.7 Å². The Balaban J connectivity index is 2.36. The van der Waals surface area contributed by atoms with Crippen LogP contribution in [0.15, 0.2) is 0 Å². The third kappa shape index (κ3) is 5.16. The molecule has 1 unspecified atom stereocenters. The number of hydrogen-bond acceptors (Lipinski definition) is 3. The summed E-state index contributed by atoms with van der Waals surface area (Å²) >= 11 is 0. The number of carbonyl (C=O) groups excluding carboxylic acids is 2. The maximum Gasteiger partial charge on any atom is 0.326 e. The number of aliphatic carboxylic acids is 1. The lowest BCUT2D eigenvalue weighted by atomic mass is 10.0. The van der Waals surface area contributed by atoms with Crippen molar-refractivity contribution in [3.05, 3.63) is 0 Å². The fourth-order valence-corrected chi connectivity index (χ4v) is 2.27. The molecular weight excluding hydrogens is 236 g/mol. The first-order valence-corrected chi connectivity index (χ1v) is 6.29. The van der Waals surface area contributed by atoms with Crippen molar-refractivity contribution < 1.29 is 19.5 Å². The predicted molar refractivity (Wildman–Crippen MR) is 64.6 cm³/mol. The van der Waals surface area contributed by atoms with Gasteiger partial charge in [0.25, 0.3) is 0 Å². The van der Waals surface area contributed by atoms with E-state index in [9.17, 15) is 14.4 Å². The standard InChI is InChI=1S/C12H20N2O4/c13-10(15)6-5-9(12(17)18)14-11(16)7-8-3-1-2-4-8/h8-9H,1-7H2,(H2,13,15)(H,14,16)(H,17,18). The van der Waals surface area contributed by atoms with Crippen LogP contribution in [-0.2, 0) is 14.4 Å². The quantitative estimate of drug-likeness (QED) is 0.612. The molecule has 0 heterocycles. The van der Waals surface area contributed by atoms with Gasteiger partial charge in [-0.25, -0.2) is 4.79 Å². The molecule has 1 aliphatic rings. The van der Waals surface area contributed by atoms with Crippen molar-refractivity contribution in [2.45, 2.75) is 51.0 Å². The third-order valence-corrected chi connectivity index (χ3v) is 3.26. The van der Waals surface area contributed by atoms with E-state index in [0.29, 0.717) is 12.3 Å². The van der Waals surface area contributed by atoms with Gasteiger partial charge in [-0.3, -0.25) is 9.59 Å². The number of amides is 2. The van der Waals surface area contributed by atoms with E-state index in [1.807, 2.05) is 0 Å². The van der Waals surface area contributed by atoms with Crippen LogP contribution >= 0.6 is 0 Å². The lowest BCUT2D eigenvalue weighted by Crippen LogP contribution is -2.41. The van der Waals surface area contributed by atoms with Gasteiger partial charge in [-0.05, 0) is 25.2 Å². The number of carbonyl (C=O) groups is 3. The van der Waals surface area contributed by atoms with Gasteiger partial charge in [-0.1, -0.05) is 12.8 Å². The second-order valence-corrected chi connectivity index (χ2v) is 4.82. The zero-order valence-electron chi connectivity index (χ0n) is 10.4. The first-order valence-electron chi connectivity index (χ1n) is 6.29. The summed E-state index contributed by atoms with van der Waals surface area (Å²) in [6, 6.07) is -1.02. The fraction of sp³-hybridized carbons (Fsp3) is 0.750. The molecule has 2 amide bonds. The van der Waals surface area contributed by atoms with Crippen LogP contribution in [0.4, 0.5) is 0 Å². The van der Waals surface area contributed by atoms with E-state index in [1.54, 1.807) is 0 Å². The number of nitrogens with two attached hydrogens (primary N) is 1. The number of carboxylic acids is 1. The van der Waals surface area contributed by atoms with Crippen LogP contribution in [0, 0.1) is 5.92 Å². The first-order chi connectivity index (χ1) is 8.49. The first kappa shape index (κ1) is 14.5. The van der Waals surface area contributed by atoms with E-state index < -0.39 is 17.9 Å². The molecule has 0 bridgehead atoms. The highest BCUT2D eigenvalue weighted by atomic mass is 16.4. The monoisotopic (exact) mass is 256 g/mol. The summed E-state index contributed by atoms with van der Waals surface area (Å²) in [5, 5.41) is 11.4. The highest BCUT2D eigenvalue weighted by Crippen LogP contribution is 2.27. The van der Waals surface area contributed by atoms with Crippen LogP contribution in [0.25, 0.3) is 0 Å². The molecule has 4 N–H and O–H groups in total. The average molecular weight is 256 g/mol. The minimum absolute atomic E-state index is 0.0410. The zero-order valence-corrected chi connectivity index (χ0v) is 10.4. The van der Waals surface area contributed by atoms with E-state index in [-0.39, 0.29) is 18.7 Å². The van der Waals surface area contributed by atoms with Gasteiger partial charge in [0, 0.05) is 12.8 Å². The summed E-state index contributed by atoms with van der Waals surface area (Å²) in [6.07, 6.45) is 4.73. The van der Waals surface area contributed by atoms with Gasteiger partial charge in [-0.15, -0.1) is 0 Å². The minimum atomic E-state index is -1.13. The molecule has 6 nitrogen and oxygen atoms in total. The molecule has 1 fully saturated rings. The van der Waals surface area contributed by atoms with Crippen LogP contribution in [0.3, 0.4) is 0 Å². The van der Waals surface area contributed by atoms with E-state index in [0.717, 1.165) is 25.7 Å². The smallest absolute Gasteiger partial charge is 0.326 e. The van der Waals surface area contributed by atoms with E-state index in [4.69, 9.17) is 10.8 Å². The molecule has 0 aromatic rings. The Morgan fingerprint density at radius 2 is 1.89 bits per heavy atom. The average Bonchev–Trinajstić information content (AvgIpc) is 2.76. The minimum Gasteiger partial charge on any atom is -0.480 e. The highest BCUT2D eigenvalue weighted by Gasteiger charge is 2.23. The van der Waals surface area contributed by atoms with Crippen molar-refractivity contribution in [1.29, 1.82) is 0 Å². The van der Waals surface area contributed by atoms with Gasteiger partial charge in [0.05, 0.1) is 0 Å². The second-order valence-electron chi connectivity index (χ2n) is 4.82. The Morgan fingerprint density at radius 3 is 2.39 bits per heavy atom. The fourth-order valence-electron chi connectivity index (χ4n) is 2.27. The molecule has 1 atom stereocenters. The van der Waals surface area contributed by atoms with Crippen LogP contribution in [-0.4, -0.2) is 28.9 Å². The summed E-state index contributed by atoms with van der Waals surface area (Å²) < 4.78 is 0. The van der Waals surface area contributed by atoms with Gasteiger partial charge in [0.1, 0.15) is 6.04 Å². The summed E-state index contributed by atoms with van der Waals surface area (Å²) in [6.45, 7) is 0. The number of hydrogen-bond donors (Lipinski definition) is 3.